The molecule has 0 bridgehead atoms. The Morgan fingerprint density at radius 2 is 1.81 bits per heavy atom. The lowest BCUT2D eigenvalue weighted by molar-refractivity contribution is -0.143. The zero-order valence-corrected chi connectivity index (χ0v) is 17.5. The van der Waals surface area contributed by atoms with E-state index in [0.717, 1.165) is 63.3 Å². The monoisotopic (exact) mass is 382 g/mol. The van der Waals surface area contributed by atoms with Crippen molar-refractivity contribution < 1.29 is 9.53 Å². The minimum atomic E-state index is -0.0768. The minimum absolute atomic E-state index is 0.0768. The van der Waals surface area contributed by atoms with Crippen LogP contribution in [-0.2, 0) is 16.0 Å². The number of hydrogen-bond acceptors (Lipinski definition) is 5. The van der Waals surface area contributed by atoms with Crippen LogP contribution in [0.5, 0.6) is 0 Å². The first-order chi connectivity index (χ1) is 12.6. The van der Waals surface area contributed by atoms with Crippen molar-refractivity contribution in [2.75, 3.05) is 26.7 Å². The van der Waals surface area contributed by atoms with E-state index >= 15 is 0 Å². The summed E-state index contributed by atoms with van der Waals surface area (Å²) in [5.74, 6) is 0.768. The lowest BCUT2D eigenvalue weighted by Crippen LogP contribution is -2.38. The predicted octanol–water partition coefficient (Wildman–Crippen LogP) is 3.37. The molecule has 0 saturated carbocycles. The maximum Gasteiger partial charge on any atom is 0.305 e. The van der Waals surface area contributed by atoms with E-state index < -0.39 is 0 Å². The molecule has 6 nitrogen and oxygen atoms in total. The fraction of sp³-hybridized carbons (Fsp3) is 0.737. The lowest BCUT2D eigenvalue weighted by Gasteiger charge is -2.11. The van der Waals surface area contributed by atoms with Gasteiger partial charge in [0.15, 0.2) is 5.96 Å². The molecule has 0 amide bonds. The minimum Gasteiger partial charge on any atom is -0.466 e. The molecule has 2 N–H and O–H groups in total. The number of carbonyl (C=O) groups excluding carboxylic acids is 1. The molecule has 0 aliphatic carbocycles. The maximum atomic E-state index is 11.2. The van der Waals surface area contributed by atoms with Crippen LogP contribution in [0.15, 0.2) is 4.99 Å². The van der Waals surface area contributed by atoms with Gasteiger partial charge >= 0.3 is 5.97 Å². The highest BCUT2D eigenvalue weighted by Crippen LogP contribution is 2.16. The van der Waals surface area contributed by atoms with E-state index in [1.54, 1.807) is 18.4 Å². The van der Waals surface area contributed by atoms with Gasteiger partial charge in [-0.25, -0.2) is 4.98 Å². The number of nitrogens with zero attached hydrogens (tertiary/aromatic N) is 2. The average molecular weight is 383 g/mol. The van der Waals surface area contributed by atoms with Crippen molar-refractivity contribution in [3.63, 3.8) is 0 Å². The third-order valence-electron chi connectivity index (χ3n) is 4.08. The molecule has 0 saturated heterocycles. The summed E-state index contributed by atoms with van der Waals surface area (Å²) >= 11 is 1.77. The first kappa shape index (κ1) is 22.4. The highest BCUT2D eigenvalue weighted by Gasteiger charge is 2.04. The van der Waals surface area contributed by atoms with Crippen molar-refractivity contribution in [1.29, 1.82) is 0 Å². The summed E-state index contributed by atoms with van der Waals surface area (Å²) < 4.78 is 4.92. The highest BCUT2D eigenvalue weighted by atomic mass is 32.1. The van der Waals surface area contributed by atoms with E-state index in [-0.39, 0.29) is 5.97 Å². The Bertz CT molecular complexity index is 538. The zero-order chi connectivity index (χ0) is 19.2. The normalized spacial score (nSPS) is 11.5. The second-order valence-corrected chi connectivity index (χ2v) is 7.54. The Morgan fingerprint density at radius 1 is 1.12 bits per heavy atom. The second-order valence-electron chi connectivity index (χ2n) is 6.25. The van der Waals surface area contributed by atoms with Crippen LogP contribution in [0.1, 0.15) is 61.0 Å². The van der Waals surface area contributed by atoms with E-state index in [9.17, 15) is 4.79 Å². The fourth-order valence-electron chi connectivity index (χ4n) is 2.52. The number of nitrogens with one attached hydrogen (secondary N) is 2. The number of ether oxygens (including phenoxy) is 1. The van der Waals surface area contributed by atoms with E-state index in [1.807, 2.05) is 6.92 Å². The second kappa shape index (κ2) is 13.6. The number of aryl methyl sites for hydroxylation is 2. The summed E-state index contributed by atoms with van der Waals surface area (Å²) in [5, 5.41) is 7.85. The Kier molecular flexibility index (Phi) is 11.7. The van der Waals surface area contributed by atoms with Crippen LogP contribution >= 0.6 is 11.3 Å². The molecule has 0 aromatic carbocycles. The molecule has 1 aromatic heterocycles. The van der Waals surface area contributed by atoms with Gasteiger partial charge in [0.1, 0.15) is 0 Å². The van der Waals surface area contributed by atoms with Gasteiger partial charge in [0.05, 0.1) is 17.3 Å². The molecule has 1 rings (SSSR count). The summed E-state index contributed by atoms with van der Waals surface area (Å²) in [6, 6.07) is 0. The number of aliphatic imine (C=N–C) groups is 1. The Balaban J connectivity index is 2.02. The van der Waals surface area contributed by atoms with Gasteiger partial charge < -0.3 is 15.4 Å². The molecule has 0 aliphatic heterocycles. The number of esters is 1. The van der Waals surface area contributed by atoms with Crippen molar-refractivity contribution in [3.05, 3.63) is 15.6 Å². The van der Waals surface area contributed by atoms with Crippen LogP contribution in [-0.4, -0.2) is 43.7 Å². The quantitative estimate of drug-likeness (QED) is 0.251. The number of guanidine groups is 1. The smallest absolute Gasteiger partial charge is 0.305 e. The van der Waals surface area contributed by atoms with Crippen LogP contribution in [0, 0.1) is 13.8 Å². The largest absolute Gasteiger partial charge is 0.466 e. The van der Waals surface area contributed by atoms with Crippen molar-refractivity contribution in [2.45, 2.75) is 65.7 Å². The number of unbranched alkanes of at least 4 members (excludes halogenated alkanes) is 4. The predicted molar refractivity (Wildman–Crippen MR) is 109 cm³/mol. The highest BCUT2D eigenvalue weighted by molar-refractivity contribution is 7.11. The van der Waals surface area contributed by atoms with Gasteiger partial charge in [-0.05, 0) is 33.6 Å². The van der Waals surface area contributed by atoms with Crippen molar-refractivity contribution >= 4 is 23.3 Å². The standard InChI is InChI=1S/C19H34N4O2S/c1-5-25-18(24)11-9-7-6-8-10-13-21-19(20-4)22-14-12-17-23-15(2)16(3)26-17/h5-14H2,1-4H3,(H2,20,21,22). The molecule has 1 aromatic rings. The summed E-state index contributed by atoms with van der Waals surface area (Å²) in [6.07, 6.45) is 6.87. The number of aromatic nitrogens is 1. The molecular formula is C19H34N4O2S. The first-order valence-corrected chi connectivity index (χ1v) is 10.4. The van der Waals surface area contributed by atoms with Crippen LogP contribution < -0.4 is 10.6 Å². The number of carbonyl (C=O) groups is 1. The molecule has 0 unspecified atom stereocenters. The number of thiazole rings is 1. The maximum absolute atomic E-state index is 11.2. The zero-order valence-electron chi connectivity index (χ0n) is 16.7. The Morgan fingerprint density at radius 3 is 2.46 bits per heavy atom. The van der Waals surface area contributed by atoms with Crippen molar-refractivity contribution in [2.24, 2.45) is 4.99 Å². The molecule has 26 heavy (non-hydrogen) atoms. The average Bonchev–Trinajstić information content (AvgIpc) is 2.93. The number of rotatable bonds is 12. The lowest BCUT2D eigenvalue weighted by atomic mass is 10.1. The van der Waals surface area contributed by atoms with Crippen LogP contribution in [0.4, 0.5) is 0 Å². The molecule has 0 aliphatic rings. The Labute approximate surface area is 161 Å². The molecule has 148 valence electrons. The van der Waals surface area contributed by atoms with E-state index in [1.165, 1.54) is 9.88 Å². The third-order valence-corrected chi connectivity index (χ3v) is 5.22. The summed E-state index contributed by atoms with van der Waals surface area (Å²) in [4.78, 5) is 21.3. The van der Waals surface area contributed by atoms with E-state index in [0.29, 0.717) is 13.0 Å². The van der Waals surface area contributed by atoms with Gasteiger partial charge in [0.25, 0.3) is 0 Å². The molecule has 0 spiro atoms. The summed E-state index contributed by atoms with van der Waals surface area (Å²) in [6.45, 7) is 8.23. The number of hydrogen-bond donors (Lipinski definition) is 2. The topological polar surface area (TPSA) is 75.6 Å². The fourth-order valence-corrected chi connectivity index (χ4v) is 3.45. The van der Waals surface area contributed by atoms with Gasteiger partial charge in [0.2, 0.25) is 0 Å². The van der Waals surface area contributed by atoms with Gasteiger partial charge in [0, 0.05) is 37.9 Å². The van der Waals surface area contributed by atoms with Gasteiger partial charge in [-0.2, -0.15) is 0 Å². The van der Waals surface area contributed by atoms with Gasteiger partial charge in [-0.15, -0.1) is 11.3 Å². The van der Waals surface area contributed by atoms with Crippen LogP contribution in [0.2, 0.25) is 0 Å². The summed E-state index contributed by atoms with van der Waals surface area (Å²) in [7, 11) is 1.79. The van der Waals surface area contributed by atoms with Gasteiger partial charge in [-0.1, -0.05) is 19.3 Å². The van der Waals surface area contributed by atoms with Gasteiger partial charge in [-0.3, -0.25) is 9.79 Å². The molecular weight excluding hydrogens is 348 g/mol. The van der Waals surface area contributed by atoms with Crippen molar-refractivity contribution in [3.8, 4) is 0 Å². The molecule has 0 atom stereocenters. The van der Waals surface area contributed by atoms with Crippen molar-refractivity contribution in [1.82, 2.24) is 15.6 Å². The third kappa shape index (κ3) is 9.75. The van der Waals surface area contributed by atoms with E-state index in [4.69, 9.17) is 4.74 Å². The first-order valence-electron chi connectivity index (χ1n) is 9.59. The molecule has 0 fully saturated rings. The molecule has 0 radical (unpaired) electrons. The van der Waals surface area contributed by atoms with E-state index in [2.05, 4.69) is 34.5 Å². The summed E-state index contributed by atoms with van der Waals surface area (Å²) in [5.41, 5.74) is 1.13. The SMILES string of the molecule is CCOC(=O)CCCCCCCNC(=NC)NCCc1nc(C)c(C)s1. The van der Waals surface area contributed by atoms with Crippen LogP contribution in [0.25, 0.3) is 0 Å². The Hall–Kier alpha value is -1.63. The molecule has 7 heteroatoms. The molecule has 1 heterocycles. The van der Waals surface area contributed by atoms with Crippen LogP contribution in [0.3, 0.4) is 0 Å².